The van der Waals surface area contributed by atoms with E-state index in [1.807, 2.05) is 31.2 Å². The molecule has 0 N–H and O–H groups in total. The average molecular weight is 332 g/mol. The zero-order chi connectivity index (χ0) is 15.7. The summed E-state index contributed by atoms with van der Waals surface area (Å²) in [5, 5.41) is 0.695. The molecular formula is C17H14ClNO2S. The van der Waals surface area contributed by atoms with Crippen molar-refractivity contribution < 1.29 is 9.53 Å². The first-order valence-electron chi connectivity index (χ1n) is 6.73. The number of hydrogen-bond donors (Lipinski definition) is 0. The Morgan fingerprint density at radius 3 is 2.59 bits per heavy atom. The summed E-state index contributed by atoms with van der Waals surface area (Å²) in [6.45, 7) is 1.90. The van der Waals surface area contributed by atoms with Gasteiger partial charge in [-0.05, 0) is 61.3 Å². The third-order valence-electron chi connectivity index (χ3n) is 3.40. The Labute approximate surface area is 138 Å². The number of fused-ring (bicyclic) bond motifs is 1. The lowest BCUT2D eigenvalue weighted by molar-refractivity contribution is 0.0898. The Bertz CT molecular complexity index is 756. The van der Waals surface area contributed by atoms with Gasteiger partial charge in [-0.2, -0.15) is 0 Å². The van der Waals surface area contributed by atoms with Crippen molar-refractivity contribution in [1.29, 1.82) is 0 Å². The molecule has 1 aliphatic rings. The quantitative estimate of drug-likeness (QED) is 0.735. The summed E-state index contributed by atoms with van der Waals surface area (Å²) >= 11 is 7.60. The molecule has 1 aliphatic heterocycles. The van der Waals surface area contributed by atoms with Gasteiger partial charge in [0.25, 0.3) is 5.91 Å². The number of rotatable bonds is 2. The predicted octanol–water partition coefficient (Wildman–Crippen LogP) is 4.87. The number of allylic oxidation sites excluding steroid dienone is 1. The van der Waals surface area contributed by atoms with E-state index in [9.17, 15) is 4.79 Å². The Kier molecular flexibility index (Phi) is 4.14. The number of halogens is 1. The first-order valence-corrected chi connectivity index (χ1v) is 7.88. The highest BCUT2D eigenvalue weighted by atomic mass is 35.5. The number of nitrogens with zero attached hydrogens (tertiary/aromatic N) is 1. The molecule has 3 rings (SSSR count). The molecule has 2 aromatic rings. The predicted molar refractivity (Wildman–Crippen MR) is 90.1 cm³/mol. The number of benzene rings is 2. The number of amides is 1. The van der Waals surface area contributed by atoms with Crippen LogP contribution in [0.4, 0.5) is 0 Å². The van der Waals surface area contributed by atoms with Gasteiger partial charge in [0.1, 0.15) is 5.75 Å². The molecular weight excluding hydrogens is 318 g/mol. The summed E-state index contributed by atoms with van der Waals surface area (Å²) in [4.78, 5) is 13.7. The summed E-state index contributed by atoms with van der Waals surface area (Å²) in [6.07, 6.45) is 1.94. The van der Waals surface area contributed by atoms with Gasteiger partial charge in [-0.3, -0.25) is 4.79 Å². The lowest BCUT2D eigenvalue weighted by atomic mass is 10.1. The highest BCUT2D eigenvalue weighted by Gasteiger charge is 2.24. The summed E-state index contributed by atoms with van der Waals surface area (Å²) in [7, 11) is 1.60. The fourth-order valence-corrected chi connectivity index (χ4v) is 3.50. The van der Waals surface area contributed by atoms with E-state index in [0.717, 1.165) is 21.9 Å². The molecule has 22 heavy (non-hydrogen) atoms. The molecule has 0 fully saturated rings. The molecule has 0 atom stereocenters. The topological polar surface area (TPSA) is 29.5 Å². The normalized spacial score (nSPS) is 13.4. The average Bonchev–Trinajstić information content (AvgIpc) is 2.55. The molecule has 3 nitrogen and oxygen atoms in total. The van der Waals surface area contributed by atoms with Crippen LogP contribution in [0, 0.1) is 0 Å². The SMILES string of the molecule is COc1ccc(C(=O)N2Sc3cccc(Cl)c3C=C2C)cc1. The highest BCUT2D eigenvalue weighted by molar-refractivity contribution is 7.97. The van der Waals surface area contributed by atoms with E-state index >= 15 is 0 Å². The second kappa shape index (κ2) is 6.07. The van der Waals surface area contributed by atoms with Gasteiger partial charge in [0.15, 0.2) is 0 Å². The third kappa shape index (κ3) is 2.72. The van der Waals surface area contributed by atoms with E-state index in [-0.39, 0.29) is 5.91 Å². The van der Waals surface area contributed by atoms with Crippen LogP contribution in [0.15, 0.2) is 53.1 Å². The number of carbonyl (C=O) groups is 1. The minimum atomic E-state index is -0.0629. The van der Waals surface area contributed by atoms with Crippen molar-refractivity contribution in [1.82, 2.24) is 4.31 Å². The van der Waals surface area contributed by atoms with Crippen molar-refractivity contribution >= 4 is 35.5 Å². The molecule has 0 bridgehead atoms. The largest absolute Gasteiger partial charge is 0.497 e. The van der Waals surface area contributed by atoms with E-state index in [0.29, 0.717) is 10.6 Å². The van der Waals surface area contributed by atoms with Crippen molar-refractivity contribution in [3.63, 3.8) is 0 Å². The van der Waals surface area contributed by atoms with Gasteiger partial charge < -0.3 is 4.74 Å². The van der Waals surface area contributed by atoms with Crippen LogP contribution in [0.25, 0.3) is 6.08 Å². The lowest BCUT2D eigenvalue weighted by Gasteiger charge is -2.27. The molecule has 0 saturated carbocycles. The second-order valence-electron chi connectivity index (χ2n) is 4.86. The van der Waals surface area contributed by atoms with Crippen LogP contribution in [0.1, 0.15) is 22.8 Å². The number of hydrogen-bond acceptors (Lipinski definition) is 3. The van der Waals surface area contributed by atoms with E-state index in [1.165, 1.54) is 11.9 Å². The van der Waals surface area contributed by atoms with Gasteiger partial charge >= 0.3 is 0 Å². The maximum atomic E-state index is 12.7. The minimum Gasteiger partial charge on any atom is -0.497 e. The highest BCUT2D eigenvalue weighted by Crippen LogP contribution is 2.39. The molecule has 5 heteroatoms. The fraction of sp³-hybridized carbons (Fsp3) is 0.118. The molecule has 0 aromatic heterocycles. The fourth-order valence-electron chi connectivity index (χ4n) is 2.23. The Morgan fingerprint density at radius 1 is 1.18 bits per heavy atom. The summed E-state index contributed by atoms with van der Waals surface area (Å²) in [5.74, 6) is 0.666. The van der Waals surface area contributed by atoms with Crippen LogP contribution in [0.5, 0.6) is 5.75 Å². The van der Waals surface area contributed by atoms with Crippen molar-refractivity contribution in [3.05, 3.63) is 64.3 Å². The smallest absolute Gasteiger partial charge is 0.268 e. The molecule has 1 heterocycles. The molecule has 0 aliphatic carbocycles. The van der Waals surface area contributed by atoms with Gasteiger partial charge in [0, 0.05) is 26.7 Å². The van der Waals surface area contributed by atoms with Crippen LogP contribution in [0.3, 0.4) is 0 Å². The summed E-state index contributed by atoms with van der Waals surface area (Å²) < 4.78 is 6.80. The Morgan fingerprint density at radius 2 is 1.91 bits per heavy atom. The summed E-state index contributed by atoms with van der Waals surface area (Å²) in [5.41, 5.74) is 2.43. The molecule has 0 spiro atoms. The van der Waals surface area contributed by atoms with Crippen molar-refractivity contribution in [2.75, 3.05) is 7.11 Å². The van der Waals surface area contributed by atoms with Crippen LogP contribution < -0.4 is 4.74 Å². The molecule has 2 aromatic carbocycles. The number of ether oxygens (including phenoxy) is 1. The first-order chi connectivity index (χ1) is 10.6. The number of carbonyl (C=O) groups excluding carboxylic acids is 1. The van der Waals surface area contributed by atoms with E-state index in [4.69, 9.17) is 16.3 Å². The number of methoxy groups -OCH3 is 1. The van der Waals surface area contributed by atoms with Gasteiger partial charge in [-0.15, -0.1) is 0 Å². The molecule has 0 radical (unpaired) electrons. The van der Waals surface area contributed by atoms with Gasteiger partial charge in [0.2, 0.25) is 0 Å². The zero-order valence-corrected chi connectivity index (χ0v) is 13.7. The van der Waals surface area contributed by atoms with Gasteiger partial charge in [-0.1, -0.05) is 17.7 Å². The van der Waals surface area contributed by atoms with Crippen LogP contribution in [-0.4, -0.2) is 17.3 Å². The zero-order valence-electron chi connectivity index (χ0n) is 12.2. The standard InChI is InChI=1S/C17H14ClNO2S/c1-11-10-14-15(18)4-3-5-16(14)22-19(11)17(20)12-6-8-13(21-2)9-7-12/h3-10H,1-2H3. The van der Waals surface area contributed by atoms with Gasteiger partial charge in [0.05, 0.1) is 7.11 Å². The van der Waals surface area contributed by atoms with Crippen molar-refractivity contribution in [2.24, 2.45) is 0 Å². The summed E-state index contributed by atoms with van der Waals surface area (Å²) in [6, 6.07) is 12.8. The molecule has 112 valence electrons. The van der Waals surface area contributed by atoms with Crippen LogP contribution in [0.2, 0.25) is 5.02 Å². The Balaban J connectivity index is 1.91. The van der Waals surface area contributed by atoms with E-state index in [1.54, 1.807) is 35.7 Å². The van der Waals surface area contributed by atoms with Gasteiger partial charge in [-0.25, -0.2) is 4.31 Å². The van der Waals surface area contributed by atoms with Crippen LogP contribution in [-0.2, 0) is 0 Å². The van der Waals surface area contributed by atoms with Crippen molar-refractivity contribution in [3.8, 4) is 5.75 Å². The molecule has 0 saturated heterocycles. The van der Waals surface area contributed by atoms with Crippen molar-refractivity contribution in [2.45, 2.75) is 11.8 Å². The Hall–Kier alpha value is -1.91. The monoisotopic (exact) mass is 331 g/mol. The van der Waals surface area contributed by atoms with Crippen LogP contribution >= 0.6 is 23.5 Å². The second-order valence-corrected chi connectivity index (χ2v) is 6.25. The maximum absolute atomic E-state index is 12.7. The minimum absolute atomic E-state index is 0.0629. The first kappa shape index (κ1) is 15.0. The lowest BCUT2D eigenvalue weighted by Crippen LogP contribution is -2.24. The third-order valence-corrected chi connectivity index (χ3v) is 4.92. The molecule has 1 amide bonds. The van der Waals surface area contributed by atoms with E-state index < -0.39 is 0 Å². The maximum Gasteiger partial charge on any atom is 0.268 e. The molecule has 0 unspecified atom stereocenters. The van der Waals surface area contributed by atoms with E-state index in [2.05, 4.69) is 0 Å².